The zero-order valence-electron chi connectivity index (χ0n) is 9.10. The fourth-order valence-electron chi connectivity index (χ4n) is 1.51. The molecule has 2 heterocycles. The van der Waals surface area contributed by atoms with Crippen LogP contribution in [0.2, 0.25) is 0 Å². The van der Waals surface area contributed by atoms with Crippen molar-refractivity contribution >= 4 is 22.4 Å². The molecule has 1 fully saturated rings. The van der Waals surface area contributed by atoms with E-state index < -0.39 is 0 Å². The highest BCUT2D eigenvalue weighted by Crippen LogP contribution is 2.19. The summed E-state index contributed by atoms with van der Waals surface area (Å²) in [7, 11) is 0. The van der Waals surface area contributed by atoms with Gasteiger partial charge in [-0.15, -0.1) is 5.10 Å². The van der Waals surface area contributed by atoms with Gasteiger partial charge in [-0.3, -0.25) is 4.79 Å². The number of nitrogens with zero attached hydrogens (tertiary/aromatic N) is 3. The normalized spacial score (nSPS) is 16.6. The summed E-state index contributed by atoms with van der Waals surface area (Å²) in [5.74, 6) is 0.0155. The number of anilines is 1. The Morgan fingerprint density at radius 3 is 3.25 bits per heavy atom. The Hall–Kier alpha value is -1.21. The Balaban J connectivity index is 2.01. The second-order valence-electron chi connectivity index (χ2n) is 3.45. The highest BCUT2D eigenvalue weighted by molar-refractivity contribution is 7.10. The van der Waals surface area contributed by atoms with Gasteiger partial charge in [0, 0.05) is 24.6 Å². The molecular formula is C9H14N4O2S. The summed E-state index contributed by atoms with van der Waals surface area (Å²) in [6.07, 6.45) is 0. The van der Waals surface area contributed by atoms with E-state index in [0.717, 1.165) is 17.2 Å². The van der Waals surface area contributed by atoms with Crippen LogP contribution in [0.1, 0.15) is 12.6 Å². The lowest BCUT2D eigenvalue weighted by molar-refractivity contribution is -0.143. The molecule has 6 nitrogen and oxygen atoms in total. The molecule has 1 saturated heterocycles. The number of aromatic nitrogens is 2. The minimum absolute atomic E-state index is 0.0155. The first-order chi connectivity index (χ1) is 7.81. The molecule has 1 aliphatic heterocycles. The molecule has 88 valence electrons. The quantitative estimate of drug-likeness (QED) is 0.824. The summed E-state index contributed by atoms with van der Waals surface area (Å²) in [5, 5.41) is 8.17. The van der Waals surface area contributed by atoms with Crippen molar-refractivity contribution in [1.29, 1.82) is 0 Å². The maximum absolute atomic E-state index is 11.5. The van der Waals surface area contributed by atoms with Crippen LogP contribution < -0.4 is 5.32 Å². The monoisotopic (exact) mass is 242 g/mol. The number of nitrogens with one attached hydrogen (secondary N) is 1. The van der Waals surface area contributed by atoms with Crippen molar-refractivity contribution in [3.63, 3.8) is 0 Å². The second-order valence-corrected chi connectivity index (χ2v) is 4.20. The molecule has 0 bridgehead atoms. The lowest BCUT2D eigenvalue weighted by Crippen LogP contribution is -2.41. The van der Waals surface area contributed by atoms with Gasteiger partial charge in [0.1, 0.15) is 17.3 Å². The van der Waals surface area contributed by atoms with E-state index in [2.05, 4.69) is 14.9 Å². The molecule has 0 saturated carbocycles. The summed E-state index contributed by atoms with van der Waals surface area (Å²) >= 11 is 1.32. The molecule has 7 heteroatoms. The molecule has 2 rings (SSSR count). The van der Waals surface area contributed by atoms with E-state index in [4.69, 9.17) is 4.74 Å². The Bertz CT molecular complexity index is 368. The summed E-state index contributed by atoms with van der Waals surface area (Å²) in [4.78, 5) is 13.3. The predicted molar refractivity (Wildman–Crippen MR) is 60.3 cm³/mol. The molecule has 1 aromatic heterocycles. The van der Waals surface area contributed by atoms with Crippen LogP contribution in [0.15, 0.2) is 0 Å². The molecule has 1 aromatic rings. The van der Waals surface area contributed by atoms with Crippen molar-refractivity contribution in [2.45, 2.75) is 13.5 Å². The fraction of sp³-hybridized carbons (Fsp3) is 0.667. The number of ether oxygens (including phenoxy) is 1. The molecule has 1 aliphatic rings. The third-order valence-corrected chi connectivity index (χ3v) is 3.04. The van der Waals surface area contributed by atoms with Gasteiger partial charge >= 0.3 is 0 Å². The first kappa shape index (κ1) is 11.3. The van der Waals surface area contributed by atoms with Gasteiger partial charge in [-0.2, -0.15) is 0 Å². The Kier molecular flexibility index (Phi) is 3.68. The molecule has 0 atom stereocenters. The standard InChI is InChI=1S/C9H14N4O2S/c1-2-10-9-7(11-12-16-9)5-13-3-4-15-6-8(13)14/h10H,2-6H2,1H3. The molecule has 1 amide bonds. The molecule has 0 spiro atoms. The van der Waals surface area contributed by atoms with E-state index in [1.807, 2.05) is 6.92 Å². The van der Waals surface area contributed by atoms with E-state index in [9.17, 15) is 4.79 Å². The third kappa shape index (κ3) is 2.48. The smallest absolute Gasteiger partial charge is 0.249 e. The van der Waals surface area contributed by atoms with Crippen LogP contribution in [0.5, 0.6) is 0 Å². The van der Waals surface area contributed by atoms with Crippen molar-refractivity contribution in [1.82, 2.24) is 14.5 Å². The topological polar surface area (TPSA) is 67.3 Å². The van der Waals surface area contributed by atoms with E-state index in [-0.39, 0.29) is 12.5 Å². The molecule has 16 heavy (non-hydrogen) atoms. The number of carbonyl (C=O) groups excluding carboxylic acids is 1. The number of morpholine rings is 1. The van der Waals surface area contributed by atoms with Crippen LogP contribution >= 0.6 is 11.5 Å². The molecule has 0 radical (unpaired) electrons. The predicted octanol–water partition coefficient (Wildman–Crippen LogP) is 0.329. The SMILES string of the molecule is CCNc1snnc1CN1CCOCC1=O. The lowest BCUT2D eigenvalue weighted by atomic mass is 10.3. The van der Waals surface area contributed by atoms with Crippen LogP contribution in [0.25, 0.3) is 0 Å². The van der Waals surface area contributed by atoms with Crippen LogP contribution in [0.3, 0.4) is 0 Å². The summed E-state index contributed by atoms with van der Waals surface area (Å²) in [5.41, 5.74) is 0.835. The van der Waals surface area contributed by atoms with Crippen LogP contribution in [0.4, 0.5) is 5.00 Å². The maximum atomic E-state index is 11.5. The molecule has 1 N–H and O–H groups in total. The number of hydrogen-bond donors (Lipinski definition) is 1. The van der Waals surface area contributed by atoms with Gasteiger partial charge in [0.25, 0.3) is 0 Å². The Morgan fingerprint density at radius 2 is 2.50 bits per heavy atom. The van der Waals surface area contributed by atoms with Crippen molar-refractivity contribution < 1.29 is 9.53 Å². The maximum Gasteiger partial charge on any atom is 0.249 e. The third-order valence-electron chi connectivity index (χ3n) is 2.32. The van der Waals surface area contributed by atoms with Gasteiger partial charge in [-0.05, 0) is 6.92 Å². The summed E-state index contributed by atoms with van der Waals surface area (Å²) in [6.45, 7) is 4.76. The van der Waals surface area contributed by atoms with Gasteiger partial charge in [0.05, 0.1) is 13.2 Å². The largest absolute Gasteiger partial charge is 0.374 e. The number of carbonyl (C=O) groups is 1. The Labute approximate surface area is 97.8 Å². The van der Waals surface area contributed by atoms with Crippen LogP contribution in [-0.2, 0) is 16.1 Å². The average molecular weight is 242 g/mol. The van der Waals surface area contributed by atoms with Gasteiger partial charge in [-0.25, -0.2) is 0 Å². The molecule has 0 aromatic carbocycles. The van der Waals surface area contributed by atoms with Gasteiger partial charge in [0.2, 0.25) is 5.91 Å². The van der Waals surface area contributed by atoms with E-state index >= 15 is 0 Å². The van der Waals surface area contributed by atoms with Crippen molar-refractivity contribution in [2.75, 3.05) is 31.6 Å². The average Bonchev–Trinajstić information content (AvgIpc) is 2.70. The fourth-order valence-corrected chi connectivity index (χ4v) is 2.15. The number of amides is 1. The summed E-state index contributed by atoms with van der Waals surface area (Å²) < 4.78 is 8.96. The minimum Gasteiger partial charge on any atom is -0.374 e. The first-order valence-corrected chi connectivity index (χ1v) is 5.99. The van der Waals surface area contributed by atoms with Gasteiger partial charge < -0.3 is 15.0 Å². The van der Waals surface area contributed by atoms with E-state index in [1.165, 1.54) is 11.5 Å². The number of hydrogen-bond acceptors (Lipinski definition) is 6. The highest BCUT2D eigenvalue weighted by atomic mass is 32.1. The zero-order chi connectivity index (χ0) is 11.4. The first-order valence-electron chi connectivity index (χ1n) is 5.22. The van der Waals surface area contributed by atoms with Crippen LogP contribution in [0, 0.1) is 0 Å². The van der Waals surface area contributed by atoms with E-state index in [0.29, 0.717) is 19.7 Å². The van der Waals surface area contributed by atoms with Crippen LogP contribution in [-0.4, -0.2) is 46.7 Å². The molecule has 0 aliphatic carbocycles. The minimum atomic E-state index is 0.0155. The highest BCUT2D eigenvalue weighted by Gasteiger charge is 2.21. The van der Waals surface area contributed by atoms with Crippen molar-refractivity contribution in [3.8, 4) is 0 Å². The lowest BCUT2D eigenvalue weighted by Gasteiger charge is -2.26. The molecule has 0 unspecified atom stereocenters. The molecular weight excluding hydrogens is 228 g/mol. The van der Waals surface area contributed by atoms with Crippen molar-refractivity contribution in [3.05, 3.63) is 5.69 Å². The van der Waals surface area contributed by atoms with Crippen molar-refractivity contribution in [2.24, 2.45) is 0 Å². The van der Waals surface area contributed by atoms with Gasteiger partial charge in [-0.1, -0.05) is 4.49 Å². The second kappa shape index (κ2) is 5.22. The van der Waals surface area contributed by atoms with Gasteiger partial charge in [0.15, 0.2) is 0 Å². The number of rotatable bonds is 4. The Morgan fingerprint density at radius 1 is 1.62 bits per heavy atom. The van der Waals surface area contributed by atoms with E-state index in [1.54, 1.807) is 4.90 Å². The zero-order valence-corrected chi connectivity index (χ0v) is 9.92. The summed E-state index contributed by atoms with van der Waals surface area (Å²) in [6, 6.07) is 0.